The van der Waals surface area contributed by atoms with Crippen LogP contribution in [0.1, 0.15) is 59.7 Å². The number of amides is 2. The first-order chi connectivity index (χ1) is 16.8. The molecule has 0 bridgehead atoms. The fourth-order valence-electron chi connectivity index (χ4n) is 5.12. The molecule has 0 spiro atoms. The number of hydrogen-bond acceptors (Lipinski definition) is 4. The monoisotopic (exact) mass is 480 g/mol. The maximum Gasteiger partial charge on any atom is 0.255 e. The van der Waals surface area contributed by atoms with Crippen molar-refractivity contribution >= 4 is 17.5 Å². The first-order valence-electron chi connectivity index (χ1n) is 12.1. The number of halogens is 2. The molecule has 4 rings (SSSR count). The van der Waals surface area contributed by atoms with Crippen LogP contribution in [0.4, 0.5) is 14.5 Å². The molecule has 1 saturated carbocycles. The Balaban J connectivity index is 1.43. The Morgan fingerprint density at radius 3 is 2.54 bits per heavy atom. The standard InChI is InChI=1S/C27H30F2N4O2/c1-17-15-32(9-10-33(17)27(35)19-5-3-4-6-19)16-22-11-23(28)13-25(18(22)2)31-26(34)20-7-8-21(14-30)24(29)12-20/h7-8,11-13,17,19H,3-6,9-10,15-16H2,1-2H3,(H,31,34)/t17-/m0/s1. The van der Waals surface area contributed by atoms with Gasteiger partial charge in [0.25, 0.3) is 5.91 Å². The predicted octanol–water partition coefficient (Wildman–Crippen LogP) is 4.62. The normalized spacial score (nSPS) is 18.9. The fraction of sp³-hybridized carbons (Fsp3) is 0.444. The zero-order chi connectivity index (χ0) is 25.1. The molecule has 2 fully saturated rings. The van der Waals surface area contributed by atoms with Gasteiger partial charge in [-0.1, -0.05) is 12.8 Å². The van der Waals surface area contributed by atoms with E-state index in [2.05, 4.69) is 17.1 Å². The van der Waals surface area contributed by atoms with Gasteiger partial charge < -0.3 is 10.2 Å². The first kappa shape index (κ1) is 24.8. The van der Waals surface area contributed by atoms with Crippen LogP contribution in [-0.4, -0.2) is 47.3 Å². The summed E-state index contributed by atoms with van der Waals surface area (Å²) in [6.45, 7) is 6.41. The highest BCUT2D eigenvalue weighted by Gasteiger charge is 2.33. The molecule has 1 heterocycles. The lowest BCUT2D eigenvalue weighted by molar-refractivity contribution is -0.140. The second-order valence-corrected chi connectivity index (χ2v) is 9.60. The van der Waals surface area contributed by atoms with Crippen LogP contribution in [0, 0.1) is 35.8 Å². The van der Waals surface area contributed by atoms with Crippen molar-refractivity contribution in [3.8, 4) is 6.07 Å². The van der Waals surface area contributed by atoms with Crippen molar-refractivity contribution in [2.75, 3.05) is 25.0 Å². The molecule has 1 aliphatic heterocycles. The third kappa shape index (κ3) is 5.51. The van der Waals surface area contributed by atoms with Crippen LogP contribution in [0.5, 0.6) is 0 Å². The van der Waals surface area contributed by atoms with Gasteiger partial charge in [-0.05, 0) is 68.1 Å². The quantitative estimate of drug-likeness (QED) is 0.678. The largest absolute Gasteiger partial charge is 0.337 e. The summed E-state index contributed by atoms with van der Waals surface area (Å²) < 4.78 is 28.4. The molecule has 8 heteroatoms. The molecule has 0 radical (unpaired) electrons. The van der Waals surface area contributed by atoms with E-state index in [-0.39, 0.29) is 29.0 Å². The maximum atomic E-state index is 14.5. The molecular formula is C27H30F2N4O2. The molecular weight excluding hydrogens is 450 g/mol. The molecule has 2 aliphatic rings. The zero-order valence-corrected chi connectivity index (χ0v) is 20.1. The highest BCUT2D eigenvalue weighted by atomic mass is 19.1. The van der Waals surface area contributed by atoms with Gasteiger partial charge in [0.15, 0.2) is 0 Å². The number of hydrogen-bond donors (Lipinski definition) is 1. The smallest absolute Gasteiger partial charge is 0.255 e. The third-order valence-corrected chi connectivity index (χ3v) is 7.17. The summed E-state index contributed by atoms with van der Waals surface area (Å²) in [5.74, 6) is -1.42. The molecule has 2 aromatic rings. The van der Waals surface area contributed by atoms with Gasteiger partial charge in [-0.3, -0.25) is 14.5 Å². The predicted molar refractivity (Wildman–Crippen MR) is 129 cm³/mol. The lowest BCUT2D eigenvalue weighted by Gasteiger charge is -2.41. The summed E-state index contributed by atoms with van der Waals surface area (Å²) >= 11 is 0. The minimum absolute atomic E-state index is 0.0450. The second kappa shape index (κ2) is 10.5. The minimum atomic E-state index is -0.781. The van der Waals surface area contributed by atoms with Crippen molar-refractivity contribution < 1.29 is 18.4 Å². The number of benzene rings is 2. The SMILES string of the molecule is Cc1c(CN2CCN(C(=O)C3CCCC3)[C@@H](C)C2)cc(F)cc1NC(=O)c1ccc(C#N)c(F)c1. The van der Waals surface area contributed by atoms with E-state index in [1.54, 1.807) is 6.07 Å². The number of carbonyl (C=O) groups excluding carboxylic acids is 2. The molecule has 1 saturated heterocycles. The summed E-state index contributed by atoms with van der Waals surface area (Å²) in [6, 6.07) is 8.11. The molecule has 6 nitrogen and oxygen atoms in total. The molecule has 1 aliphatic carbocycles. The van der Waals surface area contributed by atoms with E-state index >= 15 is 0 Å². The number of carbonyl (C=O) groups is 2. The Kier molecular flexibility index (Phi) is 7.46. The Labute approximate surface area is 204 Å². The van der Waals surface area contributed by atoms with Gasteiger partial charge in [-0.15, -0.1) is 0 Å². The molecule has 1 N–H and O–H groups in total. The summed E-state index contributed by atoms with van der Waals surface area (Å²) in [4.78, 5) is 29.7. The summed E-state index contributed by atoms with van der Waals surface area (Å²) in [7, 11) is 0. The van der Waals surface area contributed by atoms with E-state index in [1.807, 2.05) is 11.8 Å². The van der Waals surface area contributed by atoms with E-state index in [1.165, 1.54) is 24.3 Å². The van der Waals surface area contributed by atoms with Crippen molar-refractivity contribution in [1.29, 1.82) is 5.26 Å². The van der Waals surface area contributed by atoms with E-state index in [0.29, 0.717) is 31.9 Å². The van der Waals surface area contributed by atoms with Gasteiger partial charge in [0, 0.05) is 49.4 Å². The van der Waals surface area contributed by atoms with E-state index in [9.17, 15) is 18.4 Å². The summed E-state index contributed by atoms with van der Waals surface area (Å²) in [5, 5.41) is 11.5. The molecule has 0 aromatic heterocycles. The van der Waals surface area contributed by atoms with Crippen molar-refractivity contribution in [2.24, 2.45) is 5.92 Å². The summed E-state index contributed by atoms with van der Waals surface area (Å²) in [6.07, 6.45) is 4.22. The lowest BCUT2D eigenvalue weighted by Crippen LogP contribution is -2.54. The van der Waals surface area contributed by atoms with Crippen LogP contribution in [0.15, 0.2) is 30.3 Å². The molecule has 2 amide bonds. The maximum absolute atomic E-state index is 14.5. The van der Waals surface area contributed by atoms with Crippen molar-refractivity contribution in [3.05, 3.63) is 64.2 Å². The van der Waals surface area contributed by atoms with E-state index in [0.717, 1.165) is 42.9 Å². The zero-order valence-electron chi connectivity index (χ0n) is 20.1. The van der Waals surface area contributed by atoms with Gasteiger partial charge in [-0.2, -0.15) is 5.26 Å². The number of rotatable bonds is 5. The molecule has 1 atom stereocenters. The number of nitrogens with one attached hydrogen (secondary N) is 1. The Morgan fingerprint density at radius 2 is 1.89 bits per heavy atom. The van der Waals surface area contributed by atoms with Crippen molar-refractivity contribution in [1.82, 2.24) is 9.80 Å². The Morgan fingerprint density at radius 1 is 1.14 bits per heavy atom. The van der Waals surface area contributed by atoms with Crippen molar-refractivity contribution in [3.63, 3.8) is 0 Å². The van der Waals surface area contributed by atoms with Gasteiger partial charge in [-0.25, -0.2) is 8.78 Å². The highest BCUT2D eigenvalue weighted by molar-refractivity contribution is 6.04. The topological polar surface area (TPSA) is 76.4 Å². The van der Waals surface area contributed by atoms with Crippen LogP contribution < -0.4 is 5.32 Å². The number of nitrogens with zero attached hydrogens (tertiary/aromatic N) is 3. The van der Waals surface area contributed by atoms with Crippen LogP contribution in [0.3, 0.4) is 0 Å². The average molecular weight is 481 g/mol. The second-order valence-electron chi connectivity index (χ2n) is 9.60. The van der Waals surface area contributed by atoms with E-state index in [4.69, 9.17) is 5.26 Å². The molecule has 184 valence electrons. The minimum Gasteiger partial charge on any atom is -0.337 e. The third-order valence-electron chi connectivity index (χ3n) is 7.17. The van der Waals surface area contributed by atoms with Gasteiger partial charge in [0.2, 0.25) is 5.91 Å². The van der Waals surface area contributed by atoms with Gasteiger partial charge >= 0.3 is 0 Å². The fourth-order valence-corrected chi connectivity index (χ4v) is 5.12. The number of piperazine rings is 1. The number of nitriles is 1. The molecule has 35 heavy (non-hydrogen) atoms. The Hall–Kier alpha value is -3.31. The van der Waals surface area contributed by atoms with Crippen LogP contribution in [0.2, 0.25) is 0 Å². The number of anilines is 1. The lowest BCUT2D eigenvalue weighted by atomic mass is 10.0. The van der Waals surface area contributed by atoms with Gasteiger partial charge in [0.1, 0.15) is 17.7 Å². The van der Waals surface area contributed by atoms with Crippen LogP contribution in [0.25, 0.3) is 0 Å². The molecule has 0 unspecified atom stereocenters. The Bertz CT molecular complexity index is 1170. The van der Waals surface area contributed by atoms with Crippen LogP contribution >= 0.6 is 0 Å². The highest BCUT2D eigenvalue weighted by Crippen LogP contribution is 2.29. The van der Waals surface area contributed by atoms with Crippen molar-refractivity contribution in [2.45, 2.75) is 52.1 Å². The first-order valence-corrected chi connectivity index (χ1v) is 12.1. The molecule has 2 aromatic carbocycles. The van der Waals surface area contributed by atoms with Crippen LogP contribution in [-0.2, 0) is 11.3 Å². The van der Waals surface area contributed by atoms with Gasteiger partial charge in [0.05, 0.1) is 5.56 Å². The average Bonchev–Trinajstić information content (AvgIpc) is 3.37. The van der Waals surface area contributed by atoms with E-state index < -0.39 is 17.5 Å². The summed E-state index contributed by atoms with van der Waals surface area (Å²) in [5.41, 5.74) is 1.69.